The molecule has 0 fully saturated rings. The standard InChI is InChI=1S/C13H15Cl2NO4/c1-13(7-20-2,6-11(17)18)16-12(19)8-3-9(14)5-10(15)4-8/h3-5H,6-7H2,1-2H3,(H,16,19)(H,17,18). The minimum atomic E-state index is -1.03. The number of nitrogens with one attached hydrogen (secondary N) is 1. The van der Waals surface area contributed by atoms with Crippen LogP contribution in [0.5, 0.6) is 0 Å². The van der Waals surface area contributed by atoms with Gasteiger partial charge in [0, 0.05) is 22.7 Å². The number of carboxylic acids is 1. The fraction of sp³-hybridized carbons (Fsp3) is 0.385. The van der Waals surface area contributed by atoms with E-state index in [4.69, 9.17) is 33.0 Å². The minimum absolute atomic E-state index is 0.0688. The number of methoxy groups -OCH3 is 1. The van der Waals surface area contributed by atoms with Crippen LogP contribution in [0.1, 0.15) is 23.7 Å². The van der Waals surface area contributed by atoms with Crippen molar-refractivity contribution < 1.29 is 19.4 Å². The predicted octanol–water partition coefficient (Wildman–Crippen LogP) is 2.60. The highest BCUT2D eigenvalue weighted by Gasteiger charge is 2.30. The zero-order valence-electron chi connectivity index (χ0n) is 11.1. The number of ether oxygens (including phenoxy) is 1. The highest BCUT2D eigenvalue weighted by molar-refractivity contribution is 6.35. The number of rotatable bonds is 6. The second kappa shape index (κ2) is 6.92. The first-order valence-electron chi connectivity index (χ1n) is 5.75. The number of carbonyl (C=O) groups excluding carboxylic acids is 1. The molecule has 2 N–H and O–H groups in total. The maximum atomic E-state index is 12.1. The second-order valence-electron chi connectivity index (χ2n) is 4.68. The Kier molecular flexibility index (Phi) is 5.80. The number of carbonyl (C=O) groups is 2. The molecule has 1 amide bonds. The van der Waals surface area contributed by atoms with Crippen LogP contribution in [-0.4, -0.2) is 36.2 Å². The van der Waals surface area contributed by atoms with Gasteiger partial charge in [-0.25, -0.2) is 0 Å². The molecule has 0 bridgehead atoms. The number of amides is 1. The van der Waals surface area contributed by atoms with Crippen molar-refractivity contribution in [2.45, 2.75) is 18.9 Å². The Bertz CT molecular complexity index is 501. The van der Waals surface area contributed by atoms with Gasteiger partial charge in [-0.3, -0.25) is 9.59 Å². The molecule has 0 heterocycles. The van der Waals surface area contributed by atoms with Gasteiger partial charge in [0.05, 0.1) is 18.6 Å². The van der Waals surface area contributed by atoms with E-state index < -0.39 is 17.4 Å². The Morgan fingerprint density at radius 1 is 1.30 bits per heavy atom. The van der Waals surface area contributed by atoms with E-state index in [1.54, 1.807) is 6.92 Å². The van der Waals surface area contributed by atoms with Crippen LogP contribution in [0.4, 0.5) is 0 Å². The van der Waals surface area contributed by atoms with E-state index in [1.807, 2.05) is 0 Å². The third-order valence-electron chi connectivity index (χ3n) is 2.54. The number of aliphatic carboxylic acids is 1. The third kappa shape index (κ3) is 5.00. The van der Waals surface area contributed by atoms with Crippen LogP contribution in [0, 0.1) is 0 Å². The normalized spacial score (nSPS) is 13.6. The van der Waals surface area contributed by atoms with Crippen molar-refractivity contribution in [2.24, 2.45) is 0 Å². The van der Waals surface area contributed by atoms with Crippen LogP contribution in [0.3, 0.4) is 0 Å². The molecule has 5 nitrogen and oxygen atoms in total. The van der Waals surface area contributed by atoms with Gasteiger partial charge in [-0.1, -0.05) is 23.2 Å². The van der Waals surface area contributed by atoms with Gasteiger partial charge in [-0.05, 0) is 25.1 Å². The van der Waals surface area contributed by atoms with Gasteiger partial charge in [0.2, 0.25) is 0 Å². The van der Waals surface area contributed by atoms with Crippen molar-refractivity contribution in [3.8, 4) is 0 Å². The highest BCUT2D eigenvalue weighted by atomic mass is 35.5. The van der Waals surface area contributed by atoms with Crippen molar-refractivity contribution >= 4 is 35.1 Å². The molecule has 1 rings (SSSR count). The van der Waals surface area contributed by atoms with Gasteiger partial charge >= 0.3 is 5.97 Å². The highest BCUT2D eigenvalue weighted by Crippen LogP contribution is 2.20. The van der Waals surface area contributed by atoms with Crippen LogP contribution in [0.15, 0.2) is 18.2 Å². The van der Waals surface area contributed by atoms with Gasteiger partial charge in [-0.15, -0.1) is 0 Å². The van der Waals surface area contributed by atoms with Crippen LogP contribution in [-0.2, 0) is 9.53 Å². The van der Waals surface area contributed by atoms with Gasteiger partial charge in [0.25, 0.3) is 5.91 Å². The molecule has 1 aromatic carbocycles. The van der Waals surface area contributed by atoms with Crippen LogP contribution in [0.2, 0.25) is 10.0 Å². The van der Waals surface area contributed by atoms with Crippen molar-refractivity contribution in [2.75, 3.05) is 13.7 Å². The summed E-state index contributed by atoms with van der Waals surface area (Å²) in [7, 11) is 1.43. The SMILES string of the molecule is COCC(C)(CC(=O)O)NC(=O)c1cc(Cl)cc(Cl)c1. The Labute approximate surface area is 126 Å². The van der Waals surface area contributed by atoms with Crippen molar-refractivity contribution in [1.29, 1.82) is 0 Å². The van der Waals surface area contributed by atoms with Crippen molar-refractivity contribution in [3.63, 3.8) is 0 Å². The second-order valence-corrected chi connectivity index (χ2v) is 5.55. The lowest BCUT2D eigenvalue weighted by molar-refractivity contribution is -0.139. The molecule has 7 heteroatoms. The number of carboxylic acid groups (broad SMARTS) is 1. The zero-order chi connectivity index (χ0) is 15.3. The third-order valence-corrected chi connectivity index (χ3v) is 2.98. The van der Waals surface area contributed by atoms with E-state index in [1.165, 1.54) is 25.3 Å². The topological polar surface area (TPSA) is 75.6 Å². The average molecular weight is 320 g/mol. The monoisotopic (exact) mass is 319 g/mol. The molecule has 1 atom stereocenters. The summed E-state index contributed by atoms with van der Waals surface area (Å²) in [6, 6.07) is 4.42. The summed E-state index contributed by atoms with van der Waals surface area (Å²) in [5, 5.41) is 12.2. The summed E-state index contributed by atoms with van der Waals surface area (Å²) in [4.78, 5) is 23.0. The number of hydrogen-bond donors (Lipinski definition) is 2. The van der Waals surface area contributed by atoms with E-state index in [-0.39, 0.29) is 18.6 Å². The van der Waals surface area contributed by atoms with Gasteiger partial charge in [-0.2, -0.15) is 0 Å². The first kappa shape index (κ1) is 16.8. The lowest BCUT2D eigenvalue weighted by atomic mass is 9.98. The lowest BCUT2D eigenvalue weighted by Crippen LogP contribution is -2.50. The summed E-state index contributed by atoms with van der Waals surface area (Å²) in [5.74, 6) is -1.50. The molecule has 0 spiro atoms. The number of halogens is 2. The van der Waals surface area contributed by atoms with Gasteiger partial charge in [0.1, 0.15) is 0 Å². The molecule has 110 valence electrons. The molecule has 20 heavy (non-hydrogen) atoms. The molecule has 1 aromatic rings. The van der Waals surface area contributed by atoms with Gasteiger partial charge in [0.15, 0.2) is 0 Å². The van der Waals surface area contributed by atoms with E-state index in [0.717, 1.165) is 0 Å². The summed E-state index contributed by atoms with van der Waals surface area (Å²) in [6.07, 6.45) is -0.263. The summed E-state index contributed by atoms with van der Waals surface area (Å²) < 4.78 is 4.96. The summed E-state index contributed by atoms with van der Waals surface area (Å²) in [6.45, 7) is 1.66. The Morgan fingerprint density at radius 2 is 1.85 bits per heavy atom. The summed E-state index contributed by atoms with van der Waals surface area (Å²) >= 11 is 11.7. The van der Waals surface area contributed by atoms with Gasteiger partial charge < -0.3 is 15.2 Å². The predicted molar refractivity (Wildman–Crippen MR) is 76.5 cm³/mol. The summed E-state index contributed by atoms with van der Waals surface area (Å²) in [5.41, 5.74) is -0.762. The molecular formula is C13H15Cl2NO4. The van der Waals surface area contributed by atoms with Crippen LogP contribution < -0.4 is 5.32 Å². The van der Waals surface area contributed by atoms with E-state index in [0.29, 0.717) is 10.0 Å². The molecular weight excluding hydrogens is 305 g/mol. The lowest BCUT2D eigenvalue weighted by Gasteiger charge is -2.28. The molecule has 1 unspecified atom stereocenters. The maximum Gasteiger partial charge on any atom is 0.305 e. The number of benzene rings is 1. The average Bonchev–Trinajstić information content (AvgIpc) is 2.25. The zero-order valence-corrected chi connectivity index (χ0v) is 12.6. The Balaban J connectivity index is 2.92. The molecule has 0 radical (unpaired) electrons. The fourth-order valence-corrected chi connectivity index (χ4v) is 2.34. The molecule has 0 saturated carbocycles. The smallest absolute Gasteiger partial charge is 0.305 e. The van der Waals surface area contributed by atoms with Crippen molar-refractivity contribution in [3.05, 3.63) is 33.8 Å². The molecule has 0 aliphatic carbocycles. The van der Waals surface area contributed by atoms with E-state index in [9.17, 15) is 9.59 Å². The molecule has 0 aliphatic rings. The largest absolute Gasteiger partial charge is 0.481 e. The van der Waals surface area contributed by atoms with Crippen LogP contribution in [0.25, 0.3) is 0 Å². The first-order chi connectivity index (χ1) is 9.25. The van der Waals surface area contributed by atoms with Crippen LogP contribution >= 0.6 is 23.2 Å². The molecule has 0 aliphatic heterocycles. The maximum absolute atomic E-state index is 12.1. The minimum Gasteiger partial charge on any atom is -0.481 e. The Morgan fingerprint density at radius 3 is 2.30 bits per heavy atom. The Hall–Kier alpha value is -1.30. The van der Waals surface area contributed by atoms with E-state index >= 15 is 0 Å². The molecule has 0 saturated heterocycles. The van der Waals surface area contributed by atoms with Crippen molar-refractivity contribution in [1.82, 2.24) is 5.32 Å². The number of hydrogen-bond acceptors (Lipinski definition) is 3. The quantitative estimate of drug-likeness (QED) is 0.845. The van der Waals surface area contributed by atoms with E-state index in [2.05, 4.69) is 5.32 Å². The first-order valence-corrected chi connectivity index (χ1v) is 6.51. The fourth-order valence-electron chi connectivity index (χ4n) is 1.81. The molecule has 0 aromatic heterocycles.